The highest BCUT2D eigenvalue weighted by Crippen LogP contribution is 2.30. The Hall–Kier alpha value is -1.06. The molecule has 112 valence electrons. The van der Waals surface area contributed by atoms with Crippen molar-refractivity contribution in [3.63, 3.8) is 0 Å². The maximum atomic E-state index is 10.5. The number of rotatable bonds is 6. The van der Waals surface area contributed by atoms with Gasteiger partial charge in [0, 0.05) is 13.1 Å². The summed E-state index contributed by atoms with van der Waals surface area (Å²) in [5, 5.41) is 10.5. The molecule has 3 heteroatoms. The first-order valence-electron chi connectivity index (χ1n) is 7.69. The van der Waals surface area contributed by atoms with E-state index in [4.69, 9.17) is 4.74 Å². The molecule has 0 aliphatic carbocycles. The molecule has 3 nitrogen and oxygen atoms in total. The van der Waals surface area contributed by atoms with Crippen molar-refractivity contribution in [3.8, 4) is 5.75 Å². The molecule has 1 heterocycles. The highest BCUT2D eigenvalue weighted by Gasteiger charge is 2.30. The number of benzene rings is 1. The minimum atomic E-state index is -0.519. The van der Waals surface area contributed by atoms with Crippen molar-refractivity contribution in [2.45, 2.75) is 44.6 Å². The van der Waals surface area contributed by atoms with Crippen LogP contribution in [0.2, 0.25) is 0 Å². The predicted octanol–water partition coefficient (Wildman–Crippen LogP) is 3.04. The summed E-state index contributed by atoms with van der Waals surface area (Å²) in [7, 11) is 1.70. The summed E-state index contributed by atoms with van der Waals surface area (Å²) >= 11 is 0. The van der Waals surface area contributed by atoms with Gasteiger partial charge in [-0.1, -0.05) is 26.0 Å². The maximum Gasteiger partial charge on any atom is 0.118 e. The zero-order valence-corrected chi connectivity index (χ0v) is 12.9. The molecule has 1 unspecified atom stereocenters. The van der Waals surface area contributed by atoms with Crippen LogP contribution in [0.1, 0.15) is 44.6 Å². The van der Waals surface area contributed by atoms with Gasteiger partial charge in [0.1, 0.15) is 5.75 Å². The Morgan fingerprint density at radius 1 is 1.25 bits per heavy atom. The smallest absolute Gasteiger partial charge is 0.118 e. The van der Waals surface area contributed by atoms with Crippen molar-refractivity contribution in [2.75, 3.05) is 26.7 Å². The van der Waals surface area contributed by atoms with E-state index in [1.54, 1.807) is 7.11 Å². The Balaban J connectivity index is 1.94. The molecular formula is C17H27NO2. The first-order valence-corrected chi connectivity index (χ1v) is 7.69. The van der Waals surface area contributed by atoms with Crippen LogP contribution >= 0.6 is 0 Å². The molecule has 1 saturated heterocycles. The minimum absolute atomic E-state index is 0.519. The van der Waals surface area contributed by atoms with Crippen molar-refractivity contribution in [1.82, 2.24) is 4.90 Å². The molecule has 1 fully saturated rings. The van der Waals surface area contributed by atoms with Gasteiger partial charge in [0.25, 0.3) is 0 Å². The predicted molar refractivity (Wildman–Crippen MR) is 82.3 cm³/mol. The van der Waals surface area contributed by atoms with Crippen LogP contribution in [0.5, 0.6) is 5.75 Å². The number of hydrogen-bond donors (Lipinski definition) is 1. The Kier molecular flexibility index (Phi) is 5.06. The normalized spacial score (nSPS) is 20.3. The van der Waals surface area contributed by atoms with Crippen molar-refractivity contribution < 1.29 is 9.84 Å². The Bertz CT molecular complexity index is 412. The summed E-state index contributed by atoms with van der Waals surface area (Å²) in [6.07, 6.45) is 2.83. The van der Waals surface area contributed by atoms with Crippen molar-refractivity contribution in [2.24, 2.45) is 0 Å². The van der Waals surface area contributed by atoms with E-state index in [2.05, 4.69) is 30.9 Å². The second-order valence-corrected chi connectivity index (χ2v) is 5.93. The first kappa shape index (κ1) is 15.3. The first-order chi connectivity index (χ1) is 9.60. The summed E-state index contributed by atoms with van der Waals surface area (Å²) in [4.78, 5) is 2.40. The third kappa shape index (κ3) is 3.53. The van der Waals surface area contributed by atoms with Crippen LogP contribution in [-0.2, 0) is 0 Å². The molecule has 0 amide bonds. The van der Waals surface area contributed by atoms with Crippen LogP contribution < -0.4 is 4.74 Å². The molecule has 0 radical (unpaired) electrons. The van der Waals surface area contributed by atoms with Crippen LogP contribution in [-0.4, -0.2) is 42.4 Å². The van der Waals surface area contributed by atoms with Gasteiger partial charge >= 0.3 is 0 Å². The van der Waals surface area contributed by atoms with E-state index in [0.717, 1.165) is 38.2 Å². The zero-order valence-electron chi connectivity index (χ0n) is 12.9. The topological polar surface area (TPSA) is 32.7 Å². The van der Waals surface area contributed by atoms with Crippen LogP contribution in [0.15, 0.2) is 24.3 Å². The monoisotopic (exact) mass is 277 g/mol. The standard InChI is InChI=1S/C17H27NO2/c1-4-17(19,5-2)13-18-11-10-15(12-18)14-6-8-16(20-3)9-7-14/h6-9,15,19H,4-5,10-13H2,1-3H3. The second-order valence-electron chi connectivity index (χ2n) is 5.93. The fraction of sp³-hybridized carbons (Fsp3) is 0.647. The summed E-state index contributed by atoms with van der Waals surface area (Å²) in [5.41, 5.74) is 0.860. The molecule has 0 spiro atoms. The van der Waals surface area contributed by atoms with E-state index in [-0.39, 0.29) is 0 Å². The molecule has 1 aromatic carbocycles. The van der Waals surface area contributed by atoms with Crippen molar-refractivity contribution >= 4 is 0 Å². The van der Waals surface area contributed by atoms with Crippen LogP contribution in [0.4, 0.5) is 0 Å². The number of aliphatic hydroxyl groups is 1. The minimum Gasteiger partial charge on any atom is -0.497 e. The maximum absolute atomic E-state index is 10.5. The van der Waals surface area contributed by atoms with Gasteiger partial charge in [-0.15, -0.1) is 0 Å². The molecule has 1 aromatic rings. The Morgan fingerprint density at radius 2 is 1.90 bits per heavy atom. The molecule has 1 atom stereocenters. The van der Waals surface area contributed by atoms with E-state index >= 15 is 0 Å². The van der Waals surface area contributed by atoms with E-state index in [0.29, 0.717) is 5.92 Å². The van der Waals surface area contributed by atoms with Gasteiger partial charge in [0.15, 0.2) is 0 Å². The molecule has 20 heavy (non-hydrogen) atoms. The van der Waals surface area contributed by atoms with E-state index in [9.17, 15) is 5.11 Å². The lowest BCUT2D eigenvalue weighted by atomic mass is 9.96. The second kappa shape index (κ2) is 6.59. The van der Waals surface area contributed by atoms with Gasteiger partial charge in [-0.2, -0.15) is 0 Å². The number of β-amino-alcohol motifs (C(OH)–C–C–N with tert-alkyl or cyclic N) is 1. The van der Waals surface area contributed by atoms with Crippen molar-refractivity contribution in [3.05, 3.63) is 29.8 Å². The number of hydrogen-bond acceptors (Lipinski definition) is 3. The fourth-order valence-electron chi connectivity index (χ4n) is 3.01. The molecule has 0 bridgehead atoms. The Morgan fingerprint density at radius 3 is 2.45 bits per heavy atom. The number of likely N-dealkylation sites (tertiary alicyclic amines) is 1. The van der Waals surface area contributed by atoms with E-state index < -0.39 is 5.60 Å². The SMILES string of the molecule is CCC(O)(CC)CN1CCC(c2ccc(OC)cc2)C1. The lowest BCUT2D eigenvalue weighted by molar-refractivity contribution is 0.00217. The summed E-state index contributed by atoms with van der Waals surface area (Å²) in [5.74, 6) is 1.49. The summed E-state index contributed by atoms with van der Waals surface area (Å²) in [6.45, 7) is 7.07. The van der Waals surface area contributed by atoms with Gasteiger partial charge in [-0.25, -0.2) is 0 Å². The summed E-state index contributed by atoms with van der Waals surface area (Å²) < 4.78 is 5.20. The quantitative estimate of drug-likeness (QED) is 0.867. The van der Waals surface area contributed by atoms with E-state index in [1.807, 2.05) is 12.1 Å². The summed E-state index contributed by atoms with van der Waals surface area (Å²) in [6, 6.07) is 8.40. The number of nitrogens with zero attached hydrogens (tertiary/aromatic N) is 1. The highest BCUT2D eigenvalue weighted by molar-refractivity contribution is 5.30. The van der Waals surface area contributed by atoms with Gasteiger partial charge in [-0.05, 0) is 49.4 Å². The molecule has 2 rings (SSSR count). The highest BCUT2D eigenvalue weighted by atomic mass is 16.5. The van der Waals surface area contributed by atoms with Crippen molar-refractivity contribution in [1.29, 1.82) is 0 Å². The lowest BCUT2D eigenvalue weighted by Crippen LogP contribution is -2.41. The average molecular weight is 277 g/mol. The van der Waals surface area contributed by atoms with Gasteiger partial charge < -0.3 is 9.84 Å². The largest absolute Gasteiger partial charge is 0.497 e. The molecule has 0 saturated carbocycles. The van der Waals surface area contributed by atoms with E-state index in [1.165, 1.54) is 12.0 Å². The third-order valence-electron chi connectivity index (χ3n) is 4.69. The molecule has 0 aromatic heterocycles. The van der Waals surface area contributed by atoms with Crippen LogP contribution in [0.25, 0.3) is 0 Å². The lowest BCUT2D eigenvalue weighted by Gasteiger charge is -2.30. The number of methoxy groups -OCH3 is 1. The molecule has 1 aliphatic heterocycles. The van der Waals surface area contributed by atoms with Crippen LogP contribution in [0.3, 0.4) is 0 Å². The zero-order chi connectivity index (χ0) is 14.6. The van der Waals surface area contributed by atoms with Gasteiger partial charge in [0.2, 0.25) is 0 Å². The Labute approximate surface area is 122 Å². The van der Waals surface area contributed by atoms with Gasteiger partial charge in [-0.3, -0.25) is 4.90 Å². The molecule has 1 N–H and O–H groups in total. The molecular weight excluding hydrogens is 250 g/mol. The third-order valence-corrected chi connectivity index (χ3v) is 4.69. The average Bonchev–Trinajstić information content (AvgIpc) is 2.95. The van der Waals surface area contributed by atoms with Crippen LogP contribution in [0, 0.1) is 0 Å². The molecule has 1 aliphatic rings. The number of ether oxygens (including phenoxy) is 1. The fourth-order valence-corrected chi connectivity index (χ4v) is 3.01. The van der Waals surface area contributed by atoms with Gasteiger partial charge in [0.05, 0.1) is 12.7 Å².